The molecule has 0 aliphatic heterocycles. The van der Waals surface area contributed by atoms with E-state index in [9.17, 15) is 18.4 Å². The zero-order chi connectivity index (χ0) is 27.1. The van der Waals surface area contributed by atoms with Gasteiger partial charge in [-0.15, -0.1) is 0 Å². The van der Waals surface area contributed by atoms with Gasteiger partial charge >= 0.3 is 18.6 Å². The maximum Gasteiger partial charge on any atom is 0.387 e. The summed E-state index contributed by atoms with van der Waals surface area (Å²) in [6, 6.07) is 20.9. The first kappa shape index (κ1) is 26.3. The Labute approximate surface area is 217 Å². The first-order valence-electron chi connectivity index (χ1n) is 11.4. The smallest absolute Gasteiger partial charge is 0.387 e. The predicted octanol–water partition coefficient (Wildman–Crippen LogP) is 6.06. The molecule has 0 radical (unpaired) electrons. The molecule has 0 fully saturated rings. The van der Waals surface area contributed by atoms with Crippen molar-refractivity contribution in [3.8, 4) is 22.6 Å². The van der Waals surface area contributed by atoms with E-state index in [1.54, 1.807) is 0 Å². The molecule has 194 valence electrons. The molecular formula is C29H23F2NO6. The number of halogens is 2. The fourth-order valence-electron chi connectivity index (χ4n) is 3.93. The number of rotatable bonds is 9. The van der Waals surface area contributed by atoms with Gasteiger partial charge in [-0.2, -0.15) is 8.78 Å². The molecule has 0 saturated carbocycles. The summed E-state index contributed by atoms with van der Waals surface area (Å²) in [5.74, 6) is -1.36. The summed E-state index contributed by atoms with van der Waals surface area (Å²) in [5.41, 5.74) is 2.97. The zero-order valence-electron chi connectivity index (χ0n) is 20.5. The van der Waals surface area contributed by atoms with Crippen LogP contribution in [0, 0.1) is 0 Å². The second-order valence-corrected chi connectivity index (χ2v) is 7.91. The maximum absolute atomic E-state index is 12.9. The van der Waals surface area contributed by atoms with Crippen LogP contribution in [0.5, 0.6) is 11.5 Å². The van der Waals surface area contributed by atoms with Crippen molar-refractivity contribution in [1.82, 2.24) is 4.98 Å². The summed E-state index contributed by atoms with van der Waals surface area (Å²) in [5, 5.41) is 0.752. The van der Waals surface area contributed by atoms with E-state index in [4.69, 9.17) is 14.2 Å². The monoisotopic (exact) mass is 519 g/mol. The van der Waals surface area contributed by atoms with Gasteiger partial charge in [0.1, 0.15) is 6.61 Å². The molecule has 0 unspecified atom stereocenters. The van der Waals surface area contributed by atoms with Gasteiger partial charge in [-0.05, 0) is 35.4 Å². The van der Waals surface area contributed by atoms with Crippen molar-refractivity contribution in [3.63, 3.8) is 0 Å². The highest BCUT2D eigenvalue weighted by atomic mass is 19.3. The summed E-state index contributed by atoms with van der Waals surface area (Å²) < 4.78 is 45.0. The molecule has 38 heavy (non-hydrogen) atoms. The number of pyridine rings is 1. The molecule has 0 spiro atoms. The van der Waals surface area contributed by atoms with Crippen LogP contribution in [0.15, 0.2) is 78.9 Å². The Balaban J connectivity index is 1.62. The summed E-state index contributed by atoms with van der Waals surface area (Å²) >= 11 is 0. The highest BCUT2D eigenvalue weighted by molar-refractivity contribution is 6.07. The van der Waals surface area contributed by atoms with Crippen LogP contribution < -0.4 is 9.47 Å². The quantitative estimate of drug-likeness (QED) is 0.196. The van der Waals surface area contributed by atoms with Gasteiger partial charge in [0.15, 0.2) is 11.5 Å². The standard InChI is InChI=1S/C29H23F2NO6/c1-35-24-16-18(12-14-23(24)38-29(30)31)13-15-25(33)37-17-22-27(28(34)36-2)26(19-8-4-3-5-9-19)20-10-6-7-11-21(20)32-22/h3-16,29H,17H2,1-2H3/b15-13+. The number of benzene rings is 3. The van der Waals surface area contributed by atoms with E-state index in [1.807, 2.05) is 54.6 Å². The molecule has 4 rings (SSSR count). The fraction of sp³-hybridized carbons (Fsp3) is 0.138. The van der Waals surface area contributed by atoms with Crippen molar-refractivity contribution in [2.45, 2.75) is 13.2 Å². The van der Waals surface area contributed by atoms with Crippen LogP contribution in [-0.4, -0.2) is 37.8 Å². The third kappa shape index (κ3) is 5.95. The van der Waals surface area contributed by atoms with E-state index in [2.05, 4.69) is 9.72 Å². The second-order valence-electron chi connectivity index (χ2n) is 7.91. The molecule has 1 heterocycles. The lowest BCUT2D eigenvalue weighted by Gasteiger charge is -2.16. The molecule has 0 saturated heterocycles. The topological polar surface area (TPSA) is 84.0 Å². The summed E-state index contributed by atoms with van der Waals surface area (Å²) in [4.78, 5) is 30.0. The van der Waals surface area contributed by atoms with E-state index < -0.39 is 18.6 Å². The third-order valence-corrected chi connectivity index (χ3v) is 5.59. The van der Waals surface area contributed by atoms with Gasteiger partial charge in [-0.25, -0.2) is 14.6 Å². The molecule has 0 aliphatic carbocycles. The molecule has 3 aromatic carbocycles. The number of carbonyl (C=O) groups excluding carboxylic acids is 2. The van der Waals surface area contributed by atoms with Gasteiger partial charge in [-0.3, -0.25) is 0 Å². The number of esters is 2. The Morgan fingerprint density at radius 2 is 1.68 bits per heavy atom. The molecule has 0 amide bonds. The minimum Gasteiger partial charge on any atom is -0.493 e. The van der Waals surface area contributed by atoms with Crippen LogP contribution in [0.2, 0.25) is 0 Å². The Morgan fingerprint density at radius 1 is 0.947 bits per heavy atom. The molecule has 4 aromatic rings. The van der Waals surface area contributed by atoms with Gasteiger partial charge in [0, 0.05) is 17.0 Å². The number of methoxy groups -OCH3 is 2. The number of carbonyl (C=O) groups is 2. The largest absolute Gasteiger partial charge is 0.493 e. The van der Waals surface area contributed by atoms with E-state index in [-0.39, 0.29) is 29.4 Å². The molecule has 1 aromatic heterocycles. The summed E-state index contributed by atoms with van der Waals surface area (Å²) in [6.45, 7) is -3.29. The van der Waals surface area contributed by atoms with Crippen molar-refractivity contribution >= 4 is 28.9 Å². The number of hydrogen-bond acceptors (Lipinski definition) is 7. The van der Waals surface area contributed by atoms with Crippen molar-refractivity contribution in [1.29, 1.82) is 0 Å². The Hall–Kier alpha value is -4.79. The number of para-hydroxylation sites is 1. The van der Waals surface area contributed by atoms with Crippen LogP contribution in [-0.2, 0) is 20.9 Å². The number of ether oxygens (including phenoxy) is 4. The normalized spacial score (nSPS) is 11.1. The molecule has 0 bridgehead atoms. The van der Waals surface area contributed by atoms with Crippen LogP contribution in [0.1, 0.15) is 21.6 Å². The van der Waals surface area contributed by atoms with Crippen LogP contribution >= 0.6 is 0 Å². The highest BCUT2D eigenvalue weighted by Crippen LogP contribution is 2.34. The van der Waals surface area contributed by atoms with Gasteiger partial charge in [-0.1, -0.05) is 54.6 Å². The van der Waals surface area contributed by atoms with E-state index >= 15 is 0 Å². The first-order valence-corrected chi connectivity index (χ1v) is 11.4. The third-order valence-electron chi connectivity index (χ3n) is 5.59. The fourth-order valence-corrected chi connectivity index (χ4v) is 3.93. The minimum atomic E-state index is -3.00. The van der Waals surface area contributed by atoms with Crippen LogP contribution in [0.3, 0.4) is 0 Å². The van der Waals surface area contributed by atoms with Gasteiger partial charge in [0.2, 0.25) is 0 Å². The average Bonchev–Trinajstić information content (AvgIpc) is 2.94. The number of nitrogens with zero attached hydrogens (tertiary/aromatic N) is 1. The number of alkyl halides is 2. The Morgan fingerprint density at radius 3 is 2.39 bits per heavy atom. The number of aromatic nitrogens is 1. The van der Waals surface area contributed by atoms with E-state index in [0.717, 1.165) is 10.9 Å². The SMILES string of the molecule is COC(=O)c1c(COC(=O)/C=C/c2ccc(OC(F)F)c(OC)c2)nc2ccccc2c1-c1ccccc1. The lowest BCUT2D eigenvalue weighted by atomic mass is 9.94. The Kier molecular flexibility index (Phi) is 8.27. The van der Waals surface area contributed by atoms with Gasteiger partial charge < -0.3 is 18.9 Å². The molecule has 0 atom stereocenters. The maximum atomic E-state index is 12.9. The summed E-state index contributed by atoms with van der Waals surface area (Å²) in [6.07, 6.45) is 2.60. The van der Waals surface area contributed by atoms with Crippen LogP contribution in [0.25, 0.3) is 28.1 Å². The molecular weight excluding hydrogens is 496 g/mol. The van der Waals surface area contributed by atoms with Crippen LogP contribution in [0.4, 0.5) is 8.78 Å². The number of fused-ring (bicyclic) bond motifs is 1. The summed E-state index contributed by atoms with van der Waals surface area (Å²) in [7, 11) is 2.59. The van der Waals surface area contributed by atoms with Crippen molar-refractivity contribution in [3.05, 3.63) is 95.7 Å². The van der Waals surface area contributed by atoms with Gasteiger partial charge in [0.25, 0.3) is 0 Å². The first-order chi connectivity index (χ1) is 18.4. The molecule has 0 N–H and O–H groups in total. The predicted molar refractivity (Wildman–Crippen MR) is 137 cm³/mol. The minimum absolute atomic E-state index is 0.0809. The van der Waals surface area contributed by atoms with Crippen molar-refractivity contribution in [2.24, 2.45) is 0 Å². The zero-order valence-corrected chi connectivity index (χ0v) is 20.5. The highest BCUT2D eigenvalue weighted by Gasteiger charge is 2.23. The van der Waals surface area contributed by atoms with Crippen molar-refractivity contribution in [2.75, 3.05) is 14.2 Å². The lowest BCUT2D eigenvalue weighted by Crippen LogP contribution is -2.13. The molecule has 0 aliphatic rings. The van der Waals surface area contributed by atoms with Crippen molar-refractivity contribution < 1.29 is 37.3 Å². The lowest BCUT2D eigenvalue weighted by molar-refractivity contribution is -0.139. The number of hydrogen-bond donors (Lipinski definition) is 0. The molecule has 9 heteroatoms. The second kappa shape index (κ2) is 12.0. The molecule has 7 nitrogen and oxygen atoms in total. The Bertz CT molecular complexity index is 1490. The van der Waals surface area contributed by atoms with E-state index in [0.29, 0.717) is 16.6 Å². The van der Waals surface area contributed by atoms with E-state index in [1.165, 1.54) is 44.6 Å². The van der Waals surface area contributed by atoms with Gasteiger partial charge in [0.05, 0.1) is 31.0 Å². The average molecular weight is 520 g/mol.